The van der Waals surface area contributed by atoms with Crippen molar-refractivity contribution >= 4 is 29.2 Å². The van der Waals surface area contributed by atoms with Gasteiger partial charge in [0.2, 0.25) is 0 Å². The van der Waals surface area contributed by atoms with Gasteiger partial charge in [-0.15, -0.1) is 0 Å². The Kier molecular flexibility index (Phi) is 2.43. The summed E-state index contributed by atoms with van der Waals surface area (Å²) in [6, 6.07) is 12.2. The molecule has 0 spiro atoms. The summed E-state index contributed by atoms with van der Waals surface area (Å²) < 4.78 is 0. The topological polar surface area (TPSA) is 0 Å². The highest BCUT2D eigenvalue weighted by Crippen LogP contribution is 2.26. The molecule has 2 unspecified atom stereocenters. The highest BCUT2D eigenvalue weighted by atomic mass is 79.9. The van der Waals surface area contributed by atoms with E-state index in [2.05, 4.69) is 64.6 Å². The van der Waals surface area contributed by atoms with E-state index in [1.165, 1.54) is 6.04 Å². The molecule has 0 aliphatic carbocycles. The minimum atomic E-state index is -1.25. The second kappa shape index (κ2) is 3.43. The molecule has 2 rings (SSSR count). The molecule has 1 aliphatic rings. The summed E-state index contributed by atoms with van der Waals surface area (Å²) in [5, 5.41) is 1.55. The van der Waals surface area contributed by atoms with Crippen LogP contribution in [0.15, 0.2) is 42.1 Å². The summed E-state index contributed by atoms with van der Waals surface area (Å²) in [4.78, 5) is 0.601. The molecule has 0 amide bonds. The third-order valence-corrected chi connectivity index (χ3v) is 7.82. The maximum atomic E-state index is 3.66. The largest absolute Gasteiger partial charge is 0.108 e. The predicted octanol–water partition coefficient (Wildman–Crippen LogP) is 2.84. The minimum absolute atomic E-state index is 0.601. The third kappa shape index (κ3) is 1.79. The van der Waals surface area contributed by atoms with E-state index in [-0.39, 0.29) is 0 Å². The van der Waals surface area contributed by atoms with Crippen LogP contribution in [0.3, 0.4) is 0 Å². The molecule has 0 saturated heterocycles. The number of benzene rings is 1. The van der Waals surface area contributed by atoms with Gasteiger partial charge in [-0.3, -0.25) is 0 Å². The zero-order chi connectivity index (χ0) is 9.31. The first-order valence-corrected chi connectivity index (χ1v) is 8.30. The van der Waals surface area contributed by atoms with Crippen molar-refractivity contribution < 1.29 is 0 Å². The van der Waals surface area contributed by atoms with Crippen LogP contribution >= 0.6 is 15.9 Å². The number of alkyl halides is 1. The van der Waals surface area contributed by atoms with Gasteiger partial charge >= 0.3 is 0 Å². The quantitative estimate of drug-likeness (QED) is 0.533. The van der Waals surface area contributed by atoms with E-state index in [1.807, 2.05) is 0 Å². The van der Waals surface area contributed by atoms with E-state index < -0.39 is 8.07 Å². The molecule has 0 saturated carbocycles. The molecule has 0 radical (unpaired) electrons. The Morgan fingerprint density at radius 2 is 2.00 bits per heavy atom. The maximum absolute atomic E-state index is 3.66. The van der Waals surface area contributed by atoms with Gasteiger partial charge in [0.05, 0.1) is 0 Å². The Morgan fingerprint density at radius 3 is 2.54 bits per heavy atom. The predicted molar refractivity (Wildman–Crippen MR) is 64.4 cm³/mol. The SMILES string of the molecule is C[Si]1(c2ccccc2)C=CC(Br)C1. The standard InChI is InChI=1S/C11H13BrSi/c1-13(8-7-10(12)9-13)11-5-3-2-4-6-11/h2-8,10H,9H2,1H3. The lowest BCUT2D eigenvalue weighted by atomic mass is 10.4. The molecule has 1 aromatic carbocycles. The second-order valence-corrected chi connectivity index (χ2v) is 9.19. The van der Waals surface area contributed by atoms with Crippen LogP contribution in [-0.2, 0) is 0 Å². The van der Waals surface area contributed by atoms with Gasteiger partial charge in [0.15, 0.2) is 0 Å². The molecule has 0 bridgehead atoms. The fraction of sp³-hybridized carbons (Fsp3) is 0.273. The molecule has 0 nitrogen and oxygen atoms in total. The average molecular weight is 253 g/mol. The summed E-state index contributed by atoms with van der Waals surface area (Å²) in [5.74, 6) is 0. The van der Waals surface area contributed by atoms with Gasteiger partial charge in [0, 0.05) is 4.83 Å². The fourth-order valence-corrected chi connectivity index (χ4v) is 7.46. The van der Waals surface area contributed by atoms with Crippen LogP contribution in [0, 0.1) is 0 Å². The minimum Gasteiger partial charge on any atom is -0.0929 e. The van der Waals surface area contributed by atoms with Crippen molar-refractivity contribution in [2.75, 3.05) is 0 Å². The average Bonchev–Trinajstić information content (AvgIpc) is 2.49. The fourth-order valence-electron chi connectivity index (χ4n) is 1.89. The highest BCUT2D eigenvalue weighted by Gasteiger charge is 2.32. The van der Waals surface area contributed by atoms with Crippen LogP contribution < -0.4 is 5.19 Å². The summed E-state index contributed by atoms with van der Waals surface area (Å²) in [6.45, 7) is 2.43. The van der Waals surface area contributed by atoms with Gasteiger partial charge in [0.1, 0.15) is 8.07 Å². The van der Waals surface area contributed by atoms with Crippen LogP contribution in [0.25, 0.3) is 0 Å². The zero-order valence-corrected chi connectivity index (χ0v) is 10.3. The van der Waals surface area contributed by atoms with Crippen LogP contribution in [0.2, 0.25) is 12.6 Å². The van der Waals surface area contributed by atoms with Crippen molar-refractivity contribution in [3.63, 3.8) is 0 Å². The lowest BCUT2D eigenvalue weighted by Crippen LogP contribution is -2.41. The molecule has 2 heteroatoms. The molecule has 0 aromatic heterocycles. The summed E-state index contributed by atoms with van der Waals surface area (Å²) >= 11 is 3.66. The maximum Gasteiger partial charge on any atom is 0.108 e. The van der Waals surface area contributed by atoms with Gasteiger partial charge in [-0.2, -0.15) is 0 Å². The molecule has 1 aliphatic heterocycles. The van der Waals surface area contributed by atoms with Crippen molar-refractivity contribution in [3.05, 3.63) is 42.1 Å². The van der Waals surface area contributed by atoms with Crippen LogP contribution in [-0.4, -0.2) is 12.9 Å². The van der Waals surface area contributed by atoms with Gasteiger partial charge in [0.25, 0.3) is 0 Å². The first kappa shape index (κ1) is 9.22. The molecule has 2 atom stereocenters. The van der Waals surface area contributed by atoms with Gasteiger partial charge in [-0.05, 0) is 6.04 Å². The molecule has 0 N–H and O–H groups in total. The van der Waals surface area contributed by atoms with Crippen molar-refractivity contribution in [1.82, 2.24) is 0 Å². The summed E-state index contributed by atoms with van der Waals surface area (Å²) in [7, 11) is -1.25. The van der Waals surface area contributed by atoms with Crippen molar-refractivity contribution in [1.29, 1.82) is 0 Å². The Balaban J connectivity index is 2.32. The Hall–Kier alpha value is -0.343. The van der Waals surface area contributed by atoms with Crippen molar-refractivity contribution in [2.45, 2.75) is 17.4 Å². The van der Waals surface area contributed by atoms with Gasteiger partial charge < -0.3 is 0 Å². The number of allylic oxidation sites excluding steroid dienone is 1. The van der Waals surface area contributed by atoms with Crippen LogP contribution in [0.4, 0.5) is 0 Å². The number of hydrogen-bond donors (Lipinski definition) is 0. The lowest BCUT2D eigenvalue weighted by molar-refractivity contribution is 1.27. The van der Waals surface area contributed by atoms with E-state index in [1.54, 1.807) is 5.19 Å². The molecular formula is C11H13BrSi. The third-order valence-electron chi connectivity index (χ3n) is 2.73. The Bertz CT molecular complexity index is 320. The van der Waals surface area contributed by atoms with E-state index >= 15 is 0 Å². The van der Waals surface area contributed by atoms with Gasteiger partial charge in [-0.1, -0.05) is 69.8 Å². The van der Waals surface area contributed by atoms with E-state index in [9.17, 15) is 0 Å². The zero-order valence-electron chi connectivity index (χ0n) is 7.70. The highest BCUT2D eigenvalue weighted by molar-refractivity contribution is 9.09. The van der Waals surface area contributed by atoms with Gasteiger partial charge in [-0.25, -0.2) is 0 Å². The monoisotopic (exact) mass is 252 g/mol. The Morgan fingerprint density at radius 1 is 1.31 bits per heavy atom. The molecular weight excluding hydrogens is 240 g/mol. The van der Waals surface area contributed by atoms with E-state index in [0.29, 0.717) is 4.83 Å². The summed E-state index contributed by atoms with van der Waals surface area (Å²) in [6.07, 6.45) is 2.30. The van der Waals surface area contributed by atoms with Crippen molar-refractivity contribution in [2.24, 2.45) is 0 Å². The van der Waals surface area contributed by atoms with Crippen LogP contribution in [0.1, 0.15) is 0 Å². The first-order valence-electron chi connectivity index (χ1n) is 4.60. The van der Waals surface area contributed by atoms with Crippen molar-refractivity contribution in [3.8, 4) is 0 Å². The van der Waals surface area contributed by atoms with E-state index in [0.717, 1.165) is 0 Å². The number of hydrogen-bond acceptors (Lipinski definition) is 0. The molecule has 68 valence electrons. The molecule has 1 heterocycles. The normalized spacial score (nSPS) is 32.3. The van der Waals surface area contributed by atoms with Crippen LogP contribution in [0.5, 0.6) is 0 Å². The lowest BCUT2D eigenvalue weighted by Gasteiger charge is -2.20. The molecule has 13 heavy (non-hydrogen) atoms. The smallest absolute Gasteiger partial charge is 0.0929 e. The Labute approximate surface area is 88.8 Å². The molecule has 1 aromatic rings. The summed E-state index contributed by atoms with van der Waals surface area (Å²) in [5.41, 5.74) is 2.45. The number of halogens is 1. The second-order valence-electron chi connectivity index (χ2n) is 3.86. The van der Waals surface area contributed by atoms with E-state index in [4.69, 9.17) is 0 Å². The molecule has 0 fully saturated rings. The first-order chi connectivity index (χ1) is 6.21. The number of rotatable bonds is 1.